The van der Waals surface area contributed by atoms with Crippen LogP contribution >= 0.6 is 0 Å². The van der Waals surface area contributed by atoms with Crippen molar-refractivity contribution in [2.75, 3.05) is 13.1 Å². The fraction of sp³-hybridized carbons (Fsp3) is 0.0690. The maximum absolute atomic E-state index is 14.1. The van der Waals surface area contributed by atoms with E-state index >= 15 is 0 Å². The van der Waals surface area contributed by atoms with Crippen LogP contribution in [0.4, 0.5) is 0 Å². The molecular weight excluding hydrogens is 406 g/mol. The first-order chi connectivity index (χ1) is 16.3. The molecule has 1 aliphatic rings. The molecule has 1 saturated heterocycles. The summed E-state index contributed by atoms with van der Waals surface area (Å²) in [5, 5.41) is 3.46. The summed E-state index contributed by atoms with van der Waals surface area (Å²) >= 11 is 0. The van der Waals surface area contributed by atoms with Crippen LogP contribution in [0.3, 0.4) is 0 Å². The third-order valence-corrected chi connectivity index (χ3v) is 5.72. The molecular formula is C29H23N3O. The standard InChI is InChI=1S/C29H23N3O/c33-29-23(27(21-11-3-1-4-12-21)25-15-7-9-17-31-25)19-30-20-24(29)28(22-13-5-2-6-14-22)26-16-8-10-18-32-26/h1-18,30H,19-20H2. The number of carbonyl (C=O) groups is 1. The number of ketones is 1. The Kier molecular flexibility index (Phi) is 6.00. The lowest BCUT2D eigenvalue weighted by molar-refractivity contribution is -0.112. The summed E-state index contributed by atoms with van der Waals surface area (Å²) in [5.74, 6) is 0.0303. The molecule has 4 nitrogen and oxygen atoms in total. The Labute approximate surface area is 193 Å². The van der Waals surface area contributed by atoms with Crippen molar-refractivity contribution in [2.24, 2.45) is 0 Å². The molecule has 0 unspecified atom stereocenters. The molecule has 1 fully saturated rings. The Balaban J connectivity index is 1.75. The van der Waals surface area contributed by atoms with Crippen molar-refractivity contribution in [1.82, 2.24) is 15.3 Å². The van der Waals surface area contributed by atoms with Crippen molar-refractivity contribution in [3.8, 4) is 0 Å². The number of pyridine rings is 2. The van der Waals surface area contributed by atoms with Crippen LogP contribution in [0.2, 0.25) is 0 Å². The molecule has 0 saturated carbocycles. The van der Waals surface area contributed by atoms with Gasteiger partial charge in [0.2, 0.25) is 0 Å². The molecule has 3 heterocycles. The van der Waals surface area contributed by atoms with E-state index in [-0.39, 0.29) is 5.78 Å². The summed E-state index contributed by atoms with van der Waals surface area (Å²) < 4.78 is 0. The van der Waals surface area contributed by atoms with Crippen LogP contribution in [-0.4, -0.2) is 28.8 Å². The zero-order valence-corrected chi connectivity index (χ0v) is 18.1. The van der Waals surface area contributed by atoms with Crippen molar-refractivity contribution in [3.05, 3.63) is 143 Å². The minimum Gasteiger partial charge on any atom is -0.308 e. The van der Waals surface area contributed by atoms with Gasteiger partial charge in [0.05, 0.1) is 11.4 Å². The molecule has 160 valence electrons. The topological polar surface area (TPSA) is 54.9 Å². The van der Waals surface area contributed by atoms with Gasteiger partial charge >= 0.3 is 0 Å². The fourth-order valence-corrected chi connectivity index (χ4v) is 4.24. The molecule has 4 aromatic rings. The first-order valence-electron chi connectivity index (χ1n) is 11.0. The highest BCUT2D eigenvalue weighted by molar-refractivity contribution is 6.20. The Morgan fingerprint density at radius 3 is 1.39 bits per heavy atom. The number of rotatable bonds is 4. The lowest BCUT2D eigenvalue weighted by Crippen LogP contribution is -2.35. The Morgan fingerprint density at radius 2 is 1.00 bits per heavy atom. The lowest BCUT2D eigenvalue weighted by Gasteiger charge is -2.24. The van der Waals surface area contributed by atoms with Crippen LogP contribution in [0.15, 0.2) is 121 Å². The van der Waals surface area contributed by atoms with Gasteiger partial charge in [-0.3, -0.25) is 14.8 Å². The van der Waals surface area contributed by atoms with Crippen molar-refractivity contribution >= 4 is 16.9 Å². The minimum atomic E-state index is 0.0303. The third kappa shape index (κ3) is 4.29. The van der Waals surface area contributed by atoms with Gasteiger partial charge in [-0.1, -0.05) is 72.8 Å². The van der Waals surface area contributed by atoms with Gasteiger partial charge in [-0.15, -0.1) is 0 Å². The van der Waals surface area contributed by atoms with Crippen LogP contribution in [0, 0.1) is 0 Å². The molecule has 4 heteroatoms. The predicted octanol–water partition coefficient (Wildman–Crippen LogP) is 4.95. The quantitative estimate of drug-likeness (QED) is 0.466. The predicted molar refractivity (Wildman–Crippen MR) is 131 cm³/mol. The van der Waals surface area contributed by atoms with E-state index in [0.29, 0.717) is 24.2 Å². The van der Waals surface area contributed by atoms with Crippen LogP contribution in [0.1, 0.15) is 22.5 Å². The number of benzene rings is 2. The van der Waals surface area contributed by atoms with Crippen LogP contribution < -0.4 is 5.32 Å². The normalized spacial score (nSPS) is 16.9. The molecule has 1 N–H and O–H groups in total. The monoisotopic (exact) mass is 429 g/mol. The molecule has 2 aromatic carbocycles. The second kappa shape index (κ2) is 9.55. The molecule has 0 atom stereocenters. The van der Waals surface area contributed by atoms with Crippen LogP contribution in [0.25, 0.3) is 11.1 Å². The summed E-state index contributed by atoms with van der Waals surface area (Å²) in [4.78, 5) is 23.3. The third-order valence-electron chi connectivity index (χ3n) is 5.72. The molecule has 5 rings (SSSR count). The average molecular weight is 430 g/mol. The Bertz CT molecular complexity index is 1130. The van der Waals surface area contributed by atoms with Gasteiger partial charge in [-0.25, -0.2) is 0 Å². The van der Waals surface area contributed by atoms with Gasteiger partial charge in [0.1, 0.15) is 0 Å². The van der Waals surface area contributed by atoms with E-state index in [4.69, 9.17) is 0 Å². The number of piperidine rings is 1. The van der Waals surface area contributed by atoms with E-state index in [2.05, 4.69) is 15.3 Å². The zero-order chi connectivity index (χ0) is 22.5. The van der Waals surface area contributed by atoms with Crippen LogP contribution in [-0.2, 0) is 4.79 Å². The number of hydrogen-bond acceptors (Lipinski definition) is 4. The van der Waals surface area contributed by atoms with E-state index in [0.717, 1.165) is 33.7 Å². The summed E-state index contributed by atoms with van der Waals surface area (Å²) in [5.41, 5.74) is 6.67. The summed E-state index contributed by atoms with van der Waals surface area (Å²) in [7, 11) is 0. The largest absolute Gasteiger partial charge is 0.308 e. The SMILES string of the molecule is O=C1C(=C(c2ccccc2)c2ccccn2)CNCC1=C(c1ccccc1)c1ccccn1. The van der Waals surface area contributed by atoms with Gasteiger partial charge in [-0.05, 0) is 35.4 Å². The number of nitrogens with one attached hydrogen (secondary N) is 1. The number of carbonyl (C=O) groups excluding carboxylic acids is 1. The Hall–Kier alpha value is -4.15. The average Bonchev–Trinajstić information content (AvgIpc) is 2.89. The molecule has 33 heavy (non-hydrogen) atoms. The maximum atomic E-state index is 14.1. The number of Topliss-reactive ketones (excluding diaryl/α,β-unsaturated/α-hetero) is 1. The van der Waals surface area contributed by atoms with Crippen molar-refractivity contribution in [3.63, 3.8) is 0 Å². The van der Waals surface area contributed by atoms with Gasteiger partial charge in [-0.2, -0.15) is 0 Å². The Morgan fingerprint density at radius 1 is 0.576 bits per heavy atom. The second-order valence-electron chi connectivity index (χ2n) is 7.80. The van der Waals surface area contributed by atoms with Crippen molar-refractivity contribution in [1.29, 1.82) is 0 Å². The first-order valence-corrected chi connectivity index (χ1v) is 11.0. The highest BCUT2D eigenvalue weighted by Crippen LogP contribution is 2.33. The van der Waals surface area contributed by atoms with E-state index < -0.39 is 0 Å². The van der Waals surface area contributed by atoms with Gasteiger partial charge < -0.3 is 5.32 Å². The van der Waals surface area contributed by atoms with E-state index in [9.17, 15) is 4.79 Å². The van der Waals surface area contributed by atoms with E-state index in [1.54, 1.807) is 12.4 Å². The maximum Gasteiger partial charge on any atom is 0.188 e. The summed E-state index contributed by atoms with van der Waals surface area (Å²) in [6, 6.07) is 31.6. The highest BCUT2D eigenvalue weighted by atomic mass is 16.1. The molecule has 2 aromatic heterocycles. The molecule has 0 bridgehead atoms. The van der Waals surface area contributed by atoms with Crippen molar-refractivity contribution < 1.29 is 4.79 Å². The summed E-state index contributed by atoms with van der Waals surface area (Å²) in [6.45, 7) is 0.959. The molecule has 0 radical (unpaired) electrons. The fourth-order valence-electron chi connectivity index (χ4n) is 4.24. The molecule has 0 spiro atoms. The van der Waals surface area contributed by atoms with Crippen LogP contribution in [0.5, 0.6) is 0 Å². The van der Waals surface area contributed by atoms with Gasteiger partial charge in [0, 0.05) is 47.8 Å². The summed E-state index contributed by atoms with van der Waals surface area (Å²) in [6.07, 6.45) is 3.53. The zero-order valence-electron chi connectivity index (χ0n) is 18.1. The van der Waals surface area contributed by atoms with Crippen molar-refractivity contribution in [2.45, 2.75) is 0 Å². The van der Waals surface area contributed by atoms with E-state index in [1.807, 2.05) is 97.1 Å². The smallest absolute Gasteiger partial charge is 0.188 e. The lowest BCUT2D eigenvalue weighted by atomic mass is 9.85. The van der Waals surface area contributed by atoms with Gasteiger partial charge in [0.15, 0.2) is 5.78 Å². The van der Waals surface area contributed by atoms with Gasteiger partial charge in [0.25, 0.3) is 0 Å². The number of hydrogen-bond donors (Lipinski definition) is 1. The van der Waals surface area contributed by atoms with E-state index in [1.165, 1.54) is 0 Å². The first kappa shape index (κ1) is 20.7. The number of aromatic nitrogens is 2. The molecule has 0 amide bonds. The molecule has 0 aliphatic carbocycles. The minimum absolute atomic E-state index is 0.0303. The highest BCUT2D eigenvalue weighted by Gasteiger charge is 2.29. The second-order valence-corrected chi connectivity index (χ2v) is 7.80. The number of nitrogens with zero attached hydrogens (tertiary/aromatic N) is 2. The molecule has 1 aliphatic heterocycles.